The van der Waals surface area contributed by atoms with E-state index in [1.165, 1.54) is 32.3 Å². The maximum absolute atomic E-state index is 13.0. The molecular formula is C15H13F6N3O2. The van der Waals surface area contributed by atoms with Crippen molar-refractivity contribution < 1.29 is 35.9 Å². The average molecular weight is 381 g/mol. The first kappa shape index (κ1) is 19.6. The standard InChI is InChI=1S/C15H13F6N3O2/c1-23(7-9-5-3-4-6-11(9)26-15(19,20)21)13(25)10-8-24(2)22-12(10)14(16,17)18/h3-6,8H,7H2,1-2H3. The third kappa shape index (κ3) is 4.67. The molecule has 1 amide bonds. The number of ether oxygens (including phenoxy) is 1. The van der Waals surface area contributed by atoms with Crippen LogP contribution >= 0.6 is 0 Å². The number of para-hydroxylation sites is 1. The lowest BCUT2D eigenvalue weighted by atomic mass is 10.1. The minimum Gasteiger partial charge on any atom is -0.405 e. The molecule has 0 saturated heterocycles. The molecule has 0 aliphatic heterocycles. The van der Waals surface area contributed by atoms with E-state index in [4.69, 9.17) is 0 Å². The lowest BCUT2D eigenvalue weighted by molar-refractivity contribution is -0.275. The van der Waals surface area contributed by atoms with Crippen molar-refractivity contribution in [1.29, 1.82) is 0 Å². The Kier molecular flexibility index (Phi) is 5.19. The fourth-order valence-electron chi connectivity index (χ4n) is 2.25. The minimum absolute atomic E-state index is 0.0156. The van der Waals surface area contributed by atoms with Gasteiger partial charge < -0.3 is 9.64 Å². The van der Waals surface area contributed by atoms with Gasteiger partial charge in [0.25, 0.3) is 5.91 Å². The molecule has 0 aliphatic rings. The number of nitrogens with zero attached hydrogens (tertiary/aromatic N) is 3. The van der Waals surface area contributed by atoms with E-state index >= 15 is 0 Å². The number of carbonyl (C=O) groups excluding carboxylic acids is 1. The zero-order chi connectivity index (χ0) is 19.7. The van der Waals surface area contributed by atoms with Crippen molar-refractivity contribution in [2.75, 3.05) is 7.05 Å². The summed E-state index contributed by atoms with van der Waals surface area (Å²) in [4.78, 5) is 13.2. The van der Waals surface area contributed by atoms with Crippen LogP contribution in [0, 0.1) is 0 Å². The molecule has 0 bridgehead atoms. The molecule has 1 aromatic heterocycles. The second-order valence-corrected chi connectivity index (χ2v) is 5.38. The molecule has 0 atom stereocenters. The molecule has 5 nitrogen and oxygen atoms in total. The molecule has 1 aromatic carbocycles. The van der Waals surface area contributed by atoms with E-state index in [1.54, 1.807) is 0 Å². The second kappa shape index (κ2) is 6.89. The summed E-state index contributed by atoms with van der Waals surface area (Å²) in [6.45, 7) is -0.392. The molecule has 2 rings (SSSR count). The monoisotopic (exact) mass is 381 g/mol. The summed E-state index contributed by atoms with van der Waals surface area (Å²) in [6, 6.07) is 5.04. The van der Waals surface area contributed by atoms with Crippen molar-refractivity contribution in [2.45, 2.75) is 19.1 Å². The molecule has 0 radical (unpaired) electrons. The SMILES string of the molecule is CN(Cc1ccccc1OC(F)(F)F)C(=O)c1cn(C)nc1C(F)(F)F. The van der Waals surface area contributed by atoms with Gasteiger partial charge in [0.15, 0.2) is 5.69 Å². The number of carbonyl (C=O) groups is 1. The fraction of sp³-hybridized carbons (Fsp3) is 0.333. The molecule has 26 heavy (non-hydrogen) atoms. The van der Waals surface area contributed by atoms with E-state index in [0.717, 1.165) is 21.8 Å². The number of rotatable bonds is 4. The summed E-state index contributed by atoms with van der Waals surface area (Å²) in [6.07, 6.45) is -8.88. The van der Waals surface area contributed by atoms with Crippen LogP contribution in [-0.4, -0.2) is 34.0 Å². The molecule has 0 saturated carbocycles. The predicted octanol–water partition coefficient (Wildman–Crippen LogP) is 3.61. The van der Waals surface area contributed by atoms with Crippen LogP contribution in [0.15, 0.2) is 30.5 Å². The molecule has 142 valence electrons. The Bertz CT molecular complexity index is 797. The first-order chi connectivity index (χ1) is 11.9. The van der Waals surface area contributed by atoms with Gasteiger partial charge in [-0.05, 0) is 6.07 Å². The number of hydrogen-bond donors (Lipinski definition) is 0. The maximum Gasteiger partial charge on any atom is 0.573 e. The number of amides is 1. The van der Waals surface area contributed by atoms with Crippen LogP contribution in [0.25, 0.3) is 0 Å². The lowest BCUT2D eigenvalue weighted by Crippen LogP contribution is -2.28. The van der Waals surface area contributed by atoms with E-state index in [0.29, 0.717) is 0 Å². The van der Waals surface area contributed by atoms with E-state index in [1.807, 2.05) is 0 Å². The van der Waals surface area contributed by atoms with Gasteiger partial charge >= 0.3 is 12.5 Å². The normalized spacial score (nSPS) is 12.2. The Morgan fingerprint density at radius 1 is 1.19 bits per heavy atom. The summed E-state index contributed by atoms with van der Waals surface area (Å²) in [5.41, 5.74) is -2.08. The van der Waals surface area contributed by atoms with Crippen molar-refractivity contribution in [3.05, 3.63) is 47.3 Å². The van der Waals surface area contributed by atoms with Crippen molar-refractivity contribution >= 4 is 5.91 Å². The molecule has 0 aliphatic carbocycles. The van der Waals surface area contributed by atoms with Gasteiger partial charge in [0, 0.05) is 32.4 Å². The third-order valence-corrected chi connectivity index (χ3v) is 3.28. The van der Waals surface area contributed by atoms with Crippen LogP contribution in [0.4, 0.5) is 26.3 Å². The second-order valence-electron chi connectivity index (χ2n) is 5.38. The van der Waals surface area contributed by atoms with Crippen molar-refractivity contribution in [1.82, 2.24) is 14.7 Å². The predicted molar refractivity (Wildman–Crippen MR) is 77.1 cm³/mol. The van der Waals surface area contributed by atoms with Crippen LogP contribution in [0.5, 0.6) is 5.75 Å². The number of aryl methyl sites for hydroxylation is 1. The number of benzene rings is 1. The quantitative estimate of drug-likeness (QED) is 0.761. The first-order valence-electron chi connectivity index (χ1n) is 7.08. The minimum atomic E-state index is -4.94. The van der Waals surface area contributed by atoms with Crippen molar-refractivity contribution in [3.8, 4) is 5.75 Å². The van der Waals surface area contributed by atoms with Gasteiger partial charge in [0.05, 0.1) is 5.56 Å². The average Bonchev–Trinajstić information content (AvgIpc) is 2.89. The van der Waals surface area contributed by atoms with Crippen LogP contribution < -0.4 is 4.74 Å². The highest BCUT2D eigenvalue weighted by Gasteiger charge is 2.39. The van der Waals surface area contributed by atoms with E-state index in [9.17, 15) is 31.1 Å². The zero-order valence-corrected chi connectivity index (χ0v) is 13.5. The summed E-state index contributed by atoms with van der Waals surface area (Å²) in [5.74, 6) is -1.57. The highest BCUT2D eigenvalue weighted by Crippen LogP contribution is 2.32. The molecule has 0 N–H and O–H groups in total. The van der Waals surface area contributed by atoms with Gasteiger partial charge in [-0.15, -0.1) is 13.2 Å². The summed E-state index contributed by atoms with van der Waals surface area (Å²) >= 11 is 0. The highest BCUT2D eigenvalue weighted by molar-refractivity contribution is 5.95. The van der Waals surface area contributed by atoms with Crippen LogP contribution in [0.3, 0.4) is 0 Å². The van der Waals surface area contributed by atoms with Crippen LogP contribution in [0.2, 0.25) is 0 Å². The van der Waals surface area contributed by atoms with Crippen LogP contribution in [-0.2, 0) is 19.8 Å². The molecule has 1 heterocycles. The van der Waals surface area contributed by atoms with Gasteiger partial charge in [-0.3, -0.25) is 9.48 Å². The van der Waals surface area contributed by atoms with Crippen molar-refractivity contribution in [3.63, 3.8) is 0 Å². The maximum atomic E-state index is 13.0. The van der Waals surface area contributed by atoms with Gasteiger partial charge in [0.1, 0.15) is 5.75 Å². The van der Waals surface area contributed by atoms with E-state index < -0.39 is 42.0 Å². The lowest BCUT2D eigenvalue weighted by Gasteiger charge is -2.20. The number of hydrogen-bond acceptors (Lipinski definition) is 3. The Labute approximate surface area is 143 Å². The first-order valence-corrected chi connectivity index (χ1v) is 7.08. The number of halogens is 6. The largest absolute Gasteiger partial charge is 0.573 e. The summed E-state index contributed by atoms with van der Waals surface area (Å²) < 4.78 is 80.9. The Balaban J connectivity index is 2.27. The number of alkyl halides is 6. The van der Waals surface area contributed by atoms with Crippen LogP contribution in [0.1, 0.15) is 21.6 Å². The van der Waals surface area contributed by atoms with Gasteiger partial charge in [-0.1, -0.05) is 18.2 Å². The molecule has 0 fully saturated rings. The molecule has 0 unspecified atom stereocenters. The Morgan fingerprint density at radius 3 is 2.38 bits per heavy atom. The smallest absolute Gasteiger partial charge is 0.405 e. The Morgan fingerprint density at radius 2 is 1.81 bits per heavy atom. The van der Waals surface area contributed by atoms with E-state index in [2.05, 4.69) is 9.84 Å². The van der Waals surface area contributed by atoms with Gasteiger partial charge in [-0.25, -0.2) is 0 Å². The summed E-state index contributed by atoms with van der Waals surface area (Å²) in [5, 5.41) is 3.23. The van der Waals surface area contributed by atoms with Crippen molar-refractivity contribution in [2.24, 2.45) is 7.05 Å². The van der Waals surface area contributed by atoms with E-state index in [-0.39, 0.29) is 5.56 Å². The third-order valence-electron chi connectivity index (χ3n) is 3.28. The number of aromatic nitrogens is 2. The molecule has 0 spiro atoms. The van der Waals surface area contributed by atoms with Gasteiger partial charge in [-0.2, -0.15) is 18.3 Å². The topological polar surface area (TPSA) is 47.4 Å². The van der Waals surface area contributed by atoms with Gasteiger partial charge in [0.2, 0.25) is 0 Å². The summed E-state index contributed by atoms with van der Waals surface area (Å²) in [7, 11) is 2.39. The molecule has 2 aromatic rings. The zero-order valence-electron chi connectivity index (χ0n) is 13.5. The highest BCUT2D eigenvalue weighted by atomic mass is 19.4. The molecular weight excluding hydrogens is 368 g/mol. The Hall–Kier alpha value is -2.72. The molecule has 11 heteroatoms. The fourth-order valence-corrected chi connectivity index (χ4v) is 2.25.